The molecule has 0 aliphatic carbocycles. The van der Waals surface area contributed by atoms with E-state index in [-0.39, 0.29) is 11.8 Å². The number of hydrogen-bond donors (Lipinski definition) is 1. The van der Waals surface area contributed by atoms with Crippen LogP contribution in [-0.2, 0) is 11.3 Å². The van der Waals surface area contributed by atoms with Gasteiger partial charge in [-0.3, -0.25) is 9.69 Å². The number of nitrogens with zero attached hydrogens (tertiary/aromatic N) is 3. The molecule has 0 saturated carbocycles. The number of fused-ring (bicyclic) bond motifs is 1. The number of amides is 1. The highest BCUT2D eigenvalue weighted by Gasteiger charge is 2.34. The van der Waals surface area contributed by atoms with Crippen LogP contribution in [0.4, 0.5) is 0 Å². The van der Waals surface area contributed by atoms with Gasteiger partial charge >= 0.3 is 0 Å². The first-order valence-corrected chi connectivity index (χ1v) is 16.4. The predicted octanol–water partition coefficient (Wildman–Crippen LogP) is 6.52. The Hall–Kier alpha value is -3.94. The molecule has 0 radical (unpaired) electrons. The third kappa shape index (κ3) is 6.03. The van der Waals surface area contributed by atoms with Crippen LogP contribution in [0.2, 0.25) is 5.02 Å². The number of carbonyl (C=O) groups is 1. The second-order valence-electron chi connectivity index (χ2n) is 11.8. The van der Waals surface area contributed by atoms with Crippen molar-refractivity contribution in [2.45, 2.75) is 12.5 Å². The second kappa shape index (κ2) is 13.6. The van der Waals surface area contributed by atoms with Crippen molar-refractivity contribution < 1.29 is 9.53 Å². The van der Waals surface area contributed by atoms with Crippen molar-refractivity contribution in [1.29, 1.82) is 0 Å². The second-order valence-corrected chi connectivity index (χ2v) is 12.3. The fourth-order valence-electron chi connectivity index (χ4n) is 6.98. The van der Waals surface area contributed by atoms with Gasteiger partial charge in [0, 0.05) is 85.3 Å². The van der Waals surface area contributed by atoms with Crippen molar-refractivity contribution in [1.82, 2.24) is 19.7 Å². The summed E-state index contributed by atoms with van der Waals surface area (Å²) in [5, 5.41) is 5.21. The molecule has 6 nitrogen and oxygen atoms in total. The molecule has 0 atom stereocenters. The van der Waals surface area contributed by atoms with Gasteiger partial charge in [0.2, 0.25) is 0 Å². The lowest BCUT2D eigenvalue weighted by molar-refractivity contribution is 0.0363. The topological polar surface area (TPSA) is 49.7 Å². The number of hydrogen-bond acceptors (Lipinski definition) is 4. The summed E-state index contributed by atoms with van der Waals surface area (Å²) in [6.07, 6.45) is 0. The van der Waals surface area contributed by atoms with Gasteiger partial charge in [-0.1, -0.05) is 103 Å². The fraction of sp³-hybridized carbons (Fsp3) is 0.289. The van der Waals surface area contributed by atoms with E-state index in [2.05, 4.69) is 99.7 Å². The molecule has 1 N–H and O–H groups in total. The fourth-order valence-corrected chi connectivity index (χ4v) is 7.22. The Morgan fingerprint density at radius 3 is 2.02 bits per heavy atom. The number of nitrogens with one attached hydrogen (secondary N) is 1. The number of morpholine rings is 1. The van der Waals surface area contributed by atoms with Gasteiger partial charge < -0.3 is 19.5 Å². The van der Waals surface area contributed by atoms with Crippen molar-refractivity contribution in [3.63, 3.8) is 0 Å². The van der Waals surface area contributed by atoms with E-state index in [9.17, 15) is 4.79 Å². The van der Waals surface area contributed by atoms with Gasteiger partial charge in [-0.15, -0.1) is 0 Å². The number of halogens is 1. The molecule has 3 heterocycles. The van der Waals surface area contributed by atoms with Crippen molar-refractivity contribution in [2.75, 3.05) is 59.0 Å². The monoisotopic (exact) mass is 618 g/mol. The van der Waals surface area contributed by atoms with Gasteiger partial charge in [0.1, 0.15) is 5.69 Å². The normalized spacial score (nSPS) is 16.0. The molecule has 2 saturated heterocycles. The lowest BCUT2D eigenvalue weighted by atomic mass is 9.82. The third-order valence-electron chi connectivity index (χ3n) is 9.20. The van der Waals surface area contributed by atoms with Crippen LogP contribution < -0.4 is 5.32 Å². The van der Waals surface area contributed by atoms with Gasteiger partial charge in [-0.2, -0.15) is 0 Å². The van der Waals surface area contributed by atoms with E-state index in [1.165, 1.54) is 0 Å². The van der Waals surface area contributed by atoms with Crippen LogP contribution in [0.5, 0.6) is 0 Å². The molecule has 2 aliphatic rings. The van der Waals surface area contributed by atoms with Gasteiger partial charge in [0.25, 0.3) is 5.91 Å². The number of aromatic nitrogens is 1. The highest BCUT2D eigenvalue weighted by molar-refractivity contribution is 6.33. The van der Waals surface area contributed by atoms with Crippen LogP contribution in [0.25, 0.3) is 22.0 Å². The molecule has 1 amide bonds. The van der Waals surface area contributed by atoms with Gasteiger partial charge in [0.05, 0.1) is 13.2 Å². The first kappa shape index (κ1) is 29.8. The summed E-state index contributed by atoms with van der Waals surface area (Å²) in [7, 11) is 0. The zero-order chi connectivity index (χ0) is 30.6. The minimum absolute atomic E-state index is 0.0895. The molecule has 0 bridgehead atoms. The summed E-state index contributed by atoms with van der Waals surface area (Å²) < 4.78 is 7.95. The highest BCUT2D eigenvalue weighted by Crippen LogP contribution is 2.45. The molecule has 7 heteroatoms. The average molecular weight is 619 g/mol. The number of carbonyl (C=O) groups excluding carboxylic acids is 1. The zero-order valence-corrected chi connectivity index (χ0v) is 26.3. The van der Waals surface area contributed by atoms with Crippen molar-refractivity contribution >= 4 is 28.4 Å². The summed E-state index contributed by atoms with van der Waals surface area (Å²) in [5.74, 6) is -0.0725. The van der Waals surface area contributed by atoms with Crippen LogP contribution in [0, 0.1) is 0 Å². The highest BCUT2D eigenvalue weighted by atomic mass is 35.5. The molecule has 7 rings (SSSR count). The molecular formula is C38H39ClN4O2. The minimum Gasteiger partial charge on any atom is -0.379 e. The summed E-state index contributed by atoms with van der Waals surface area (Å²) in [4.78, 5) is 19.4. The molecule has 2 fully saturated rings. The standard InChI is InChI=1S/C38H39ClN4O2/c39-32-16-8-7-14-30(32)31-15-9-17-33-35(31)36(34(28-10-3-1-4-11-28)29-12-5-2-6-13-29)37(38(44)42-20-18-40-19-21-42)43(33)23-22-41-24-26-45-27-25-41/h1-17,34,40H,18-27H2. The Morgan fingerprint density at radius 2 is 1.36 bits per heavy atom. The minimum atomic E-state index is -0.162. The molecule has 45 heavy (non-hydrogen) atoms. The number of ether oxygens (including phenoxy) is 1. The zero-order valence-electron chi connectivity index (χ0n) is 25.5. The number of benzene rings is 4. The van der Waals surface area contributed by atoms with Gasteiger partial charge in [-0.05, 0) is 28.8 Å². The quantitative estimate of drug-likeness (QED) is 0.215. The van der Waals surface area contributed by atoms with E-state index in [1.807, 2.05) is 23.1 Å². The summed E-state index contributed by atoms with van der Waals surface area (Å²) in [6.45, 7) is 7.77. The number of rotatable bonds is 8. The van der Waals surface area contributed by atoms with E-state index in [0.717, 1.165) is 90.4 Å². The first-order valence-electron chi connectivity index (χ1n) is 16.0. The van der Waals surface area contributed by atoms with E-state index in [0.29, 0.717) is 24.7 Å². The summed E-state index contributed by atoms with van der Waals surface area (Å²) in [6, 6.07) is 35.7. The summed E-state index contributed by atoms with van der Waals surface area (Å²) >= 11 is 6.91. The van der Waals surface area contributed by atoms with E-state index in [4.69, 9.17) is 16.3 Å². The van der Waals surface area contributed by atoms with Crippen molar-refractivity contribution in [3.05, 3.63) is 131 Å². The SMILES string of the molecule is O=C(c1c(C(c2ccccc2)c2ccccc2)c2c(-c3ccccc3Cl)cccc2n1CCN1CCOCC1)N1CCNCC1. The maximum atomic E-state index is 15.0. The smallest absolute Gasteiger partial charge is 0.270 e. The Kier molecular flexibility index (Phi) is 8.99. The summed E-state index contributed by atoms with van der Waals surface area (Å²) in [5.41, 5.74) is 7.20. The molecule has 5 aromatic rings. The molecule has 230 valence electrons. The van der Waals surface area contributed by atoms with Crippen LogP contribution in [0.3, 0.4) is 0 Å². The maximum Gasteiger partial charge on any atom is 0.270 e. The predicted molar refractivity (Wildman–Crippen MR) is 182 cm³/mol. The van der Waals surface area contributed by atoms with Crippen molar-refractivity contribution in [3.8, 4) is 11.1 Å². The van der Waals surface area contributed by atoms with Crippen LogP contribution in [0.15, 0.2) is 103 Å². The van der Waals surface area contributed by atoms with Gasteiger partial charge in [0.15, 0.2) is 0 Å². The molecule has 4 aromatic carbocycles. The lowest BCUT2D eigenvalue weighted by Crippen LogP contribution is -2.47. The van der Waals surface area contributed by atoms with Crippen LogP contribution in [-0.4, -0.2) is 79.3 Å². The molecule has 2 aliphatic heterocycles. The van der Waals surface area contributed by atoms with E-state index < -0.39 is 0 Å². The number of piperazine rings is 1. The molecule has 0 spiro atoms. The molecule has 1 aromatic heterocycles. The Balaban J connectivity index is 1.54. The van der Waals surface area contributed by atoms with Crippen LogP contribution >= 0.6 is 11.6 Å². The lowest BCUT2D eigenvalue weighted by Gasteiger charge is -2.30. The third-order valence-corrected chi connectivity index (χ3v) is 9.53. The van der Waals surface area contributed by atoms with Gasteiger partial charge in [-0.25, -0.2) is 0 Å². The maximum absolute atomic E-state index is 15.0. The van der Waals surface area contributed by atoms with E-state index >= 15 is 0 Å². The Labute approximate surface area is 270 Å². The molecule has 0 unspecified atom stereocenters. The first-order chi connectivity index (χ1) is 22.2. The van der Waals surface area contributed by atoms with Crippen LogP contribution in [0.1, 0.15) is 33.1 Å². The largest absolute Gasteiger partial charge is 0.379 e. The Morgan fingerprint density at radius 1 is 0.733 bits per heavy atom. The Bertz CT molecular complexity index is 1720. The average Bonchev–Trinajstić information content (AvgIpc) is 3.43. The van der Waals surface area contributed by atoms with E-state index in [1.54, 1.807) is 0 Å². The van der Waals surface area contributed by atoms with Crippen molar-refractivity contribution in [2.24, 2.45) is 0 Å². The molecular weight excluding hydrogens is 580 g/mol.